The Kier molecular flexibility index (Phi) is 4.51. The summed E-state index contributed by atoms with van der Waals surface area (Å²) in [6.07, 6.45) is 4.15. The van der Waals surface area contributed by atoms with E-state index in [1.807, 2.05) is 39.0 Å². The molecule has 1 heterocycles. The zero-order valence-electron chi connectivity index (χ0n) is 12.1. The van der Waals surface area contributed by atoms with Gasteiger partial charge in [-0.1, -0.05) is 25.1 Å². The van der Waals surface area contributed by atoms with Crippen LogP contribution in [0, 0.1) is 13.8 Å². The first-order valence-electron chi connectivity index (χ1n) is 6.82. The maximum Gasteiger partial charge on any atom is 0.195 e. The second kappa shape index (κ2) is 6.33. The monoisotopic (exact) mass is 269 g/mol. The summed E-state index contributed by atoms with van der Waals surface area (Å²) in [5.74, 6) is 0.638. The molecule has 104 valence electrons. The summed E-state index contributed by atoms with van der Waals surface area (Å²) in [7, 11) is 0. The second-order valence-corrected chi connectivity index (χ2v) is 4.85. The van der Waals surface area contributed by atoms with Gasteiger partial charge >= 0.3 is 0 Å². The molecule has 1 aromatic carbocycles. The molecule has 0 aliphatic rings. The summed E-state index contributed by atoms with van der Waals surface area (Å²) in [6.45, 7) is 6.57. The predicted molar refractivity (Wildman–Crippen MR) is 79.4 cm³/mol. The minimum Gasteiger partial charge on any atom is -0.492 e. The van der Waals surface area contributed by atoms with E-state index in [-0.39, 0.29) is 5.78 Å². The Morgan fingerprint density at radius 1 is 1.20 bits per heavy atom. The van der Waals surface area contributed by atoms with E-state index in [0.717, 1.165) is 23.1 Å². The van der Waals surface area contributed by atoms with Crippen LogP contribution in [-0.2, 0) is 0 Å². The third kappa shape index (κ3) is 3.05. The van der Waals surface area contributed by atoms with E-state index in [4.69, 9.17) is 4.74 Å². The number of aryl methyl sites for hydroxylation is 2. The van der Waals surface area contributed by atoms with Crippen molar-refractivity contribution in [2.75, 3.05) is 6.61 Å². The molecule has 0 fully saturated rings. The highest BCUT2D eigenvalue weighted by Crippen LogP contribution is 2.20. The molecule has 0 spiro atoms. The number of benzene rings is 1. The molecule has 1 aromatic heterocycles. The topological polar surface area (TPSA) is 39.2 Å². The van der Waals surface area contributed by atoms with Crippen molar-refractivity contribution in [2.24, 2.45) is 0 Å². The van der Waals surface area contributed by atoms with E-state index in [1.54, 1.807) is 18.5 Å². The lowest BCUT2D eigenvalue weighted by Gasteiger charge is -2.10. The molecule has 0 saturated carbocycles. The summed E-state index contributed by atoms with van der Waals surface area (Å²) in [5.41, 5.74) is 3.28. The lowest BCUT2D eigenvalue weighted by atomic mass is 9.96. The predicted octanol–water partition coefficient (Wildman–Crippen LogP) is 3.72. The zero-order chi connectivity index (χ0) is 14.5. The molecule has 3 nitrogen and oxygen atoms in total. The molecule has 0 atom stereocenters. The molecule has 0 aliphatic carbocycles. The highest BCUT2D eigenvalue weighted by atomic mass is 16.5. The van der Waals surface area contributed by atoms with Crippen LogP contribution in [0.1, 0.15) is 40.4 Å². The van der Waals surface area contributed by atoms with Gasteiger partial charge in [0.15, 0.2) is 5.78 Å². The van der Waals surface area contributed by atoms with Crippen LogP contribution in [0.5, 0.6) is 5.75 Å². The number of carbonyl (C=O) groups excluding carboxylic acids is 1. The number of ether oxygens (including phenoxy) is 1. The van der Waals surface area contributed by atoms with E-state index in [2.05, 4.69) is 4.98 Å². The van der Waals surface area contributed by atoms with Gasteiger partial charge in [0.1, 0.15) is 5.75 Å². The van der Waals surface area contributed by atoms with Crippen molar-refractivity contribution in [3.05, 3.63) is 58.9 Å². The normalized spacial score (nSPS) is 10.3. The molecule has 20 heavy (non-hydrogen) atoms. The van der Waals surface area contributed by atoms with Crippen molar-refractivity contribution < 1.29 is 9.53 Å². The lowest BCUT2D eigenvalue weighted by Crippen LogP contribution is -2.07. The number of ketones is 1. The quantitative estimate of drug-likeness (QED) is 0.777. The lowest BCUT2D eigenvalue weighted by molar-refractivity contribution is 0.103. The molecule has 0 unspecified atom stereocenters. The summed E-state index contributed by atoms with van der Waals surface area (Å²) >= 11 is 0. The summed E-state index contributed by atoms with van der Waals surface area (Å²) < 4.78 is 5.53. The van der Waals surface area contributed by atoms with Crippen molar-refractivity contribution in [3.63, 3.8) is 0 Å². The van der Waals surface area contributed by atoms with Gasteiger partial charge in [0.25, 0.3) is 0 Å². The number of nitrogens with zero attached hydrogens (tertiary/aromatic N) is 1. The van der Waals surface area contributed by atoms with Crippen LogP contribution in [0.3, 0.4) is 0 Å². The number of pyridine rings is 1. The summed E-state index contributed by atoms with van der Waals surface area (Å²) in [4.78, 5) is 16.7. The molecule has 0 bridgehead atoms. The third-order valence-corrected chi connectivity index (χ3v) is 3.16. The average molecular weight is 269 g/mol. The molecule has 0 aliphatic heterocycles. The standard InChI is InChI=1S/C17H19NO2/c1-4-8-20-15-9-14(10-18-11-15)17(19)16-12(2)6-5-7-13(16)3/h5-7,9-11H,4,8H2,1-3H3. The van der Waals surface area contributed by atoms with Crippen LogP contribution in [0.4, 0.5) is 0 Å². The summed E-state index contributed by atoms with van der Waals surface area (Å²) in [5, 5.41) is 0. The number of hydrogen-bond donors (Lipinski definition) is 0. The Hall–Kier alpha value is -2.16. The SMILES string of the molecule is CCCOc1cncc(C(=O)c2c(C)cccc2C)c1. The van der Waals surface area contributed by atoms with Gasteiger partial charge in [-0.3, -0.25) is 9.78 Å². The first-order valence-corrected chi connectivity index (χ1v) is 6.82. The first-order chi connectivity index (χ1) is 9.63. The summed E-state index contributed by atoms with van der Waals surface area (Å²) in [6, 6.07) is 7.62. The minimum atomic E-state index is -0.00458. The molecule has 3 heteroatoms. The van der Waals surface area contributed by atoms with Gasteiger partial charge in [-0.05, 0) is 37.5 Å². The van der Waals surface area contributed by atoms with Crippen molar-refractivity contribution in [2.45, 2.75) is 27.2 Å². The Morgan fingerprint density at radius 2 is 1.90 bits per heavy atom. The smallest absolute Gasteiger partial charge is 0.195 e. The molecular formula is C17H19NO2. The molecule has 2 aromatic rings. The van der Waals surface area contributed by atoms with Crippen LogP contribution in [0.25, 0.3) is 0 Å². The number of aromatic nitrogens is 1. The maximum absolute atomic E-state index is 12.6. The maximum atomic E-state index is 12.6. The van der Waals surface area contributed by atoms with Gasteiger partial charge in [-0.25, -0.2) is 0 Å². The molecule has 0 saturated heterocycles. The average Bonchev–Trinajstić information content (AvgIpc) is 2.45. The number of rotatable bonds is 5. The Labute approximate surface area is 119 Å². The highest BCUT2D eigenvalue weighted by Gasteiger charge is 2.15. The molecule has 0 amide bonds. The van der Waals surface area contributed by atoms with Crippen LogP contribution in [0.15, 0.2) is 36.7 Å². The minimum absolute atomic E-state index is 0.00458. The van der Waals surface area contributed by atoms with Crippen molar-refractivity contribution in [1.29, 1.82) is 0 Å². The largest absolute Gasteiger partial charge is 0.492 e. The molecule has 0 N–H and O–H groups in total. The van der Waals surface area contributed by atoms with Crippen LogP contribution in [0.2, 0.25) is 0 Å². The van der Waals surface area contributed by atoms with E-state index >= 15 is 0 Å². The van der Waals surface area contributed by atoms with Crippen molar-refractivity contribution in [3.8, 4) is 5.75 Å². The van der Waals surface area contributed by atoms with E-state index in [9.17, 15) is 4.79 Å². The molecular weight excluding hydrogens is 250 g/mol. The van der Waals surface area contributed by atoms with Crippen molar-refractivity contribution in [1.82, 2.24) is 4.98 Å². The van der Waals surface area contributed by atoms with E-state index in [1.165, 1.54) is 0 Å². The fraction of sp³-hybridized carbons (Fsp3) is 0.294. The van der Waals surface area contributed by atoms with Gasteiger partial charge in [-0.15, -0.1) is 0 Å². The fourth-order valence-corrected chi connectivity index (χ4v) is 2.16. The van der Waals surface area contributed by atoms with Gasteiger partial charge < -0.3 is 4.74 Å². The molecule has 0 radical (unpaired) electrons. The molecule has 2 rings (SSSR count). The highest BCUT2D eigenvalue weighted by molar-refractivity contribution is 6.10. The van der Waals surface area contributed by atoms with Gasteiger partial charge in [0.05, 0.1) is 12.8 Å². The number of carbonyl (C=O) groups is 1. The number of hydrogen-bond acceptors (Lipinski definition) is 3. The van der Waals surface area contributed by atoms with Crippen LogP contribution in [-0.4, -0.2) is 17.4 Å². The Morgan fingerprint density at radius 3 is 2.55 bits per heavy atom. The van der Waals surface area contributed by atoms with Gasteiger partial charge in [0, 0.05) is 17.3 Å². The van der Waals surface area contributed by atoms with Crippen molar-refractivity contribution >= 4 is 5.78 Å². The Bertz CT molecular complexity index is 600. The second-order valence-electron chi connectivity index (χ2n) is 4.85. The Balaban J connectivity index is 2.34. The zero-order valence-corrected chi connectivity index (χ0v) is 12.1. The van der Waals surface area contributed by atoms with Crippen LogP contribution < -0.4 is 4.74 Å². The fourth-order valence-electron chi connectivity index (χ4n) is 2.16. The van der Waals surface area contributed by atoms with E-state index in [0.29, 0.717) is 17.9 Å². The van der Waals surface area contributed by atoms with E-state index < -0.39 is 0 Å². The van der Waals surface area contributed by atoms with Gasteiger partial charge in [-0.2, -0.15) is 0 Å². The first kappa shape index (κ1) is 14.3. The van der Waals surface area contributed by atoms with Gasteiger partial charge in [0.2, 0.25) is 0 Å². The third-order valence-electron chi connectivity index (χ3n) is 3.16. The van der Waals surface area contributed by atoms with Crippen LogP contribution >= 0.6 is 0 Å².